The highest BCUT2D eigenvalue weighted by Crippen LogP contribution is 2.44. The highest BCUT2D eigenvalue weighted by molar-refractivity contribution is 6.27. The third kappa shape index (κ3) is 5.85. The second-order valence-corrected chi connectivity index (χ2v) is 16.7. The Hall–Kier alpha value is -8.27. The fraction of sp³-hybridized carbons (Fsp3) is 0.0167. The normalized spacial score (nSPS) is 13.0. The van der Waals surface area contributed by atoms with Gasteiger partial charge in [0, 0.05) is 16.7 Å². The molecule has 1 aromatic heterocycles. The summed E-state index contributed by atoms with van der Waals surface area (Å²) >= 11 is 0. The minimum Gasteiger partial charge on any atom is -0.208 e. The van der Waals surface area contributed by atoms with Gasteiger partial charge in [-0.25, -0.2) is 15.0 Å². The molecule has 11 aromatic carbocycles. The summed E-state index contributed by atoms with van der Waals surface area (Å²) < 4.78 is 0. The van der Waals surface area contributed by atoms with Crippen LogP contribution in [0.5, 0.6) is 0 Å². The average Bonchev–Trinajstić information content (AvgIpc) is 3.65. The van der Waals surface area contributed by atoms with E-state index in [1.54, 1.807) is 0 Å². The largest absolute Gasteiger partial charge is 0.208 e. The van der Waals surface area contributed by atoms with Gasteiger partial charge in [-0.3, -0.25) is 0 Å². The first kappa shape index (κ1) is 35.5. The lowest BCUT2D eigenvalue weighted by molar-refractivity contribution is 1.04. The molecule has 13 rings (SSSR count). The van der Waals surface area contributed by atoms with E-state index in [1.807, 2.05) is 6.07 Å². The summed E-state index contributed by atoms with van der Waals surface area (Å²) in [4.78, 5) is 15.8. The Balaban J connectivity index is 1.07. The SMILES string of the molecule is C1=CCC=CC(c2nc(-c3ccc(-c4ccccc4)cc3)nc(-c3cc(-c4ccc5ccc6cccc7ccc4c5c67)cc(-c4ccc5ccc6cccc7ccc4c5c67)c3)n2)=C1. The van der Waals surface area contributed by atoms with Crippen LogP contribution in [-0.2, 0) is 0 Å². The van der Waals surface area contributed by atoms with E-state index < -0.39 is 0 Å². The van der Waals surface area contributed by atoms with Gasteiger partial charge in [0.15, 0.2) is 17.5 Å². The molecule has 0 bridgehead atoms. The van der Waals surface area contributed by atoms with E-state index in [4.69, 9.17) is 15.0 Å². The standard InChI is InChI=1S/C60H37N3/c1-2-5-13-45(12-4-1)58-61-59(46-24-18-38(19-25-46)37-10-6-3-7-11-37)63-60(62-58)49-35-47(50-30-26-43-22-20-39-14-8-16-41-28-32-52(50)56(43)54(39)41)34-48(36-49)51-31-27-44-23-21-40-15-9-17-42-29-33-53(51)57(44)55(40)42/h1,3-36H,2H2. The molecule has 0 aliphatic heterocycles. The van der Waals surface area contributed by atoms with Crippen molar-refractivity contribution in [1.82, 2.24) is 15.0 Å². The van der Waals surface area contributed by atoms with Crippen LogP contribution in [0.4, 0.5) is 0 Å². The Bertz CT molecular complexity index is 3660. The summed E-state index contributed by atoms with van der Waals surface area (Å²) in [6, 6.07) is 66.5. The number of allylic oxidation sites excluding steroid dienone is 6. The molecular formula is C60H37N3. The van der Waals surface area contributed by atoms with E-state index in [2.05, 4.69) is 206 Å². The highest BCUT2D eigenvalue weighted by atomic mass is 15.0. The third-order valence-electron chi connectivity index (χ3n) is 13.0. The number of benzene rings is 11. The highest BCUT2D eigenvalue weighted by Gasteiger charge is 2.20. The van der Waals surface area contributed by atoms with Crippen LogP contribution in [0, 0.1) is 0 Å². The first-order chi connectivity index (χ1) is 31.2. The summed E-state index contributed by atoms with van der Waals surface area (Å²) in [7, 11) is 0. The van der Waals surface area contributed by atoms with E-state index in [9.17, 15) is 0 Å². The van der Waals surface area contributed by atoms with Gasteiger partial charge in [-0.05, 0) is 123 Å². The minimum absolute atomic E-state index is 0.628. The summed E-state index contributed by atoms with van der Waals surface area (Å²) in [5.41, 5.74) is 9.69. The second kappa shape index (κ2) is 14.2. The van der Waals surface area contributed by atoms with E-state index in [0.29, 0.717) is 17.5 Å². The van der Waals surface area contributed by atoms with Crippen LogP contribution in [0.2, 0.25) is 0 Å². The quantitative estimate of drug-likeness (QED) is 0.157. The topological polar surface area (TPSA) is 38.7 Å². The lowest BCUT2D eigenvalue weighted by Gasteiger charge is -2.18. The van der Waals surface area contributed by atoms with Crippen molar-refractivity contribution in [3.63, 3.8) is 0 Å². The third-order valence-corrected chi connectivity index (χ3v) is 13.0. The molecular weight excluding hydrogens is 763 g/mol. The summed E-state index contributed by atoms with van der Waals surface area (Å²) in [6.07, 6.45) is 11.5. The van der Waals surface area contributed by atoms with Gasteiger partial charge in [0.2, 0.25) is 0 Å². The summed E-state index contributed by atoms with van der Waals surface area (Å²) in [6.45, 7) is 0. The van der Waals surface area contributed by atoms with Gasteiger partial charge >= 0.3 is 0 Å². The molecule has 3 nitrogen and oxygen atoms in total. The smallest absolute Gasteiger partial charge is 0.164 e. The number of hydrogen-bond donors (Lipinski definition) is 0. The van der Waals surface area contributed by atoms with Crippen molar-refractivity contribution in [2.24, 2.45) is 0 Å². The molecule has 12 aromatic rings. The van der Waals surface area contributed by atoms with Gasteiger partial charge in [0.05, 0.1) is 0 Å². The number of rotatable bonds is 6. The van der Waals surface area contributed by atoms with Crippen LogP contribution < -0.4 is 0 Å². The Morgan fingerprint density at radius 2 is 0.778 bits per heavy atom. The van der Waals surface area contributed by atoms with Gasteiger partial charge < -0.3 is 0 Å². The van der Waals surface area contributed by atoms with Crippen LogP contribution in [0.15, 0.2) is 212 Å². The zero-order valence-corrected chi connectivity index (χ0v) is 34.3. The van der Waals surface area contributed by atoms with E-state index in [-0.39, 0.29) is 0 Å². The maximum absolute atomic E-state index is 5.33. The molecule has 63 heavy (non-hydrogen) atoms. The van der Waals surface area contributed by atoms with Gasteiger partial charge in [-0.15, -0.1) is 0 Å². The molecule has 0 unspecified atom stereocenters. The van der Waals surface area contributed by atoms with Gasteiger partial charge in [0.1, 0.15) is 0 Å². The lowest BCUT2D eigenvalue weighted by Crippen LogP contribution is -2.03. The van der Waals surface area contributed by atoms with Crippen molar-refractivity contribution < 1.29 is 0 Å². The van der Waals surface area contributed by atoms with Gasteiger partial charge in [0.25, 0.3) is 0 Å². The van der Waals surface area contributed by atoms with Gasteiger partial charge in [-0.1, -0.05) is 194 Å². The number of aromatic nitrogens is 3. The summed E-state index contributed by atoms with van der Waals surface area (Å²) in [5.74, 6) is 1.90. The molecule has 0 radical (unpaired) electrons. The Morgan fingerprint density at radius 3 is 1.37 bits per heavy atom. The van der Waals surface area contributed by atoms with E-state index in [0.717, 1.165) is 39.8 Å². The van der Waals surface area contributed by atoms with Crippen molar-refractivity contribution in [3.05, 3.63) is 218 Å². The summed E-state index contributed by atoms with van der Waals surface area (Å²) in [5, 5.41) is 15.2. The monoisotopic (exact) mass is 799 g/mol. The molecule has 1 aliphatic rings. The van der Waals surface area contributed by atoms with Crippen molar-refractivity contribution in [2.75, 3.05) is 0 Å². The lowest BCUT2D eigenvalue weighted by atomic mass is 9.86. The van der Waals surface area contributed by atoms with Crippen molar-refractivity contribution in [2.45, 2.75) is 6.42 Å². The van der Waals surface area contributed by atoms with Crippen LogP contribution in [0.3, 0.4) is 0 Å². The van der Waals surface area contributed by atoms with Crippen LogP contribution in [-0.4, -0.2) is 15.0 Å². The maximum atomic E-state index is 5.33. The maximum Gasteiger partial charge on any atom is 0.164 e. The Labute approximate surface area is 364 Å². The first-order valence-corrected chi connectivity index (χ1v) is 21.7. The second-order valence-electron chi connectivity index (χ2n) is 16.7. The van der Waals surface area contributed by atoms with E-state index >= 15 is 0 Å². The zero-order valence-electron chi connectivity index (χ0n) is 34.3. The minimum atomic E-state index is 0.628. The molecule has 3 heteroatoms. The van der Waals surface area contributed by atoms with Crippen LogP contribution in [0.25, 0.3) is 126 Å². The van der Waals surface area contributed by atoms with Crippen LogP contribution in [0.1, 0.15) is 12.2 Å². The molecule has 1 heterocycles. The van der Waals surface area contributed by atoms with E-state index in [1.165, 1.54) is 81.3 Å². The number of hydrogen-bond acceptors (Lipinski definition) is 3. The predicted octanol–water partition coefficient (Wildman–Crippen LogP) is 15.9. The molecule has 0 N–H and O–H groups in total. The molecule has 0 fully saturated rings. The van der Waals surface area contributed by atoms with Crippen molar-refractivity contribution >= 4 is 70.2 Å². The van der Waals surface area contributed by atoms with Crippen LogP contribution >= 0.6 is 0 Å². The molecule has 0 saturated carbocycles. The Morgan fingerprint density at radius 1 is 0.317 bits per heavy atom. The first-order valence-electron chi connectivity index (χ1n) is 21.7. The molecule has 0 saturated heterocycles. The molecule has 0 spiro atoms. The zero-order chi connectivity index (χ0) is 41.4. The molecule has 0 atom stereocenters. The molecule has 1 aliphatic carbocycles. The molecule has 292 valence electrons. The molecule has 0 amide bonds. The van der Waals surface area contributed by atoms with Crippen molar-refractivity contribution in [3.8, 4) is 56.2 Å². The van der Waals surface area contributed by atoms with Gasteiger partial charge in [-0.2, -0.15) is 0 Å². The average molecular weight is 800 g/mol. The Kier molecular flexibility index (Phi) is 7.97. The van der Waals surface area contributed by atoms with Crippen molar-refractivity contribution in [1.29, 1.82) is 0 Å². The fourth-order valence-corrected chi connectivity index (χ4v) is 9.98. The number of nitrogens with zero attached hydrogens (tertiary/aromatic N) is 3. The fourth-order valence-electron chi connectivity index (χ4n) is 9.98. The predicted molar refractivity (Wildman–Crippen MR) is 265 cm³/mol.